The normalized spacial score (nSPS) is 12.0. The zero-order valence-electron chi connectivity index (χ0n) is 15.2. The maximum atomic E-state index is 13.3. The van der Waals surface area contributed by atoms with E-state index in [0.29, 0.717) is 11.1 Å². The SMILES string of the molecule is C[C@H](C(N)=O)n1ccc2c(NC(=O)Cc3cc(F)c(F)c(F)c3)cccc2c1=O. The minimum absolute atomic E-state index is 0.0447. The molecule has 3 N–H and O–H groups in total. The number of nitrogens with zero attached hydrogens (tertiary/aromatic N) is 1. The van der Waals surface area contributed by atoms with Gasteiger partial charge in [-0.3, -0.25) is 14.4 Å². The molecule has 0 saturated carbocycles. The molecular formula is C20H16F3N3O3. The lowest BCUT2D eigenvalue weighted by Gasteiger charge is -2.14. The number of hydrogen-bond acceptors (Lipinski definition) is 3. The van der Waals surface area contributed by atoms with Crippen LogP contribution in [0, 0.1) is 17.5 Å². The summed E-state index contributed by atoms with van der Waals surface area (Å²) in [7, 11) is 0. The molecule has 150 valence electrons. The summed E-state index contributed by atoms with van der Waals surface area (Å²) in [5.74, 6) is -5.67. The Balaban J connectivity index is 1.90. The topological polar surface area (TPSA) is 94.2 Å². The monoisotopic (exact) mass is 403 g/mol. The summed E-state index contributed by atoms with van der Waals surface area (Å²) in [5.41, 5.74) is 5.04. The molecule has 0 spiro atoms. The van der Waals surface area contributed by atoms with Gasteiger partial charge in [-0.05, 0) is 42.8 Å². The van der Waals surface area contributed by atoms with Gasteiger partial charge >= 0.3 is 0 Å². The fraction of sp³-hybridized carbons (Fsp3) is 0.150. The number of rotatable bonds is 5. The summed E-state index contributed by atoms with van der Waals surface area (Å²) < 4.78 is 40.8. The molecule has 1 atom stereocenters. The number of nitrogens with two attached hydrogens (primary N) is 1. The summed E-state index contributed by atoms with van der Waals surface area (Å²) in [5, 5.41) is 3.23. The number of hydrogen-bond donors (Lipinski definition) is 2. The molecule has 2 aromatic carbocycles. The Bertz CT molecular complexity index is 1170. The number of fused-ring (bicyclic) bond motifs is 1. The van der Waals surface area contributed by atoms with Crippen molar-refractivity contribution in [2.45, 2.75) is 19.4 Å². The number of amides is 2. The van der Waals surface area contributed by atoms with E-state index in [1.54, 1.807) is 12.1 Å². The molecule has 0 aliphatic rings. The van der Waals surface area contributed by atoms with Crippen LogP contribution in [0.1, 0.15) is 18.5 Å². The molecule has 1 aromatic heterocycles. The Hall–Kier alpha value is -3.62. The van der Waals surface area contributed by atoms with Gasteiger partial charge in [0.15, 0.2) is 17.5 Å². The molecule has 2 amide bonds. The molecule has 29 heavy (non-hydrogen) atoms. The molecule has 6 nitrogen and oxygen atoms in total. The highest BCUT2D eigenvalue weighted by Gasteiger charge is 2.16. The van der Waals surface area contributed by atoms with Crippen LogP contribution < -0.4 is 16.6 Å². The quantitative estimate of drug-likeness (QED) is 0.642. The number of anilines is 1. The number of aromatic nitrogens is 1. The number of nitrogens with one attached hydrogen (secondary N) is 1. The Morgan fingerprint density at radius 1 is 1.10 bits per heavy atom. The van der Waals surface area contributed by atoms with Gasteiger partial charge in [0.05, 0.1) is 6.42 Å². The Morgan fingerprint density at radius 2 is 1.76 bits per heavy atom. The van der Waals surface area contributed by atoms with Crippen molar-refractivity contribution >= 4 is 28.3 Å². The highest BCUT2D eigenvalue weighted by Crippen LogP contribution is 2.22. The maximum absolute atomic E-state index is 13.3. The van der Waals surface area contributed by atoms with E-state index >= 15 is 0 Å². The van der Waals surface area contributed by atoms with Gasteiger partial charge in [-0.25, -0.2) is 13.2 Å². The predicted octanol–water partition coefficient (Wildman–Crippen LogP) is 2.65. The number of carbonyl (C=O) groups is 2. The fourth-order valence-corrected chi connectivity index (χ4v) is 2.93. The zero-order chi connectivity index (χ0) is 21.3. The van der Waals surface area contributed by atoms with Crippen LogP contribution in [0.15, 0.2) is 47.4 Å². The lowest BCUT2D eigenvalue weighted by Crippen LogP contribution is -2.31. The summed E-state index contributed by atoms with van der Waals surface area (Å²) in [6, 6.07) is 6.79. The summed E-state index contributed by atoms with van der Waals surface area (Å²) in [4.78, 5) is 36.3. The van der Waals surface area contributed by atoms with Crippen LogP contribution in [0.3, 0.4) is 0 Å². The van der Waals surface area contributed by atoms with Crippen molar-refractivity contribution in [2.75, 3.05) is 5.32 Å². The van der Waals surface area contributed by atoms with Crippen LogP contribution in [0.25, 0.3) is 10.8 Å². The molecule has 0 aliphatic carbocycles. The third-order valence-corrected chi connectivity index (χ3v) is 4.48. The van der Waals surface area contributed by atoms with E-state index in [-0.39, 0.29) is 10.9 Å². The second kappa shape index (κ2) is 7.78. The van der Waals surface area contributed by atoms with Crippen LogP contribution in [0.4, 0.5) is 18.9 Å². The Kier molecular flexibility index (Phi) is 5.40. The van der Waals surface area contributed by atoms with Gasteiger partial charge in [-0.1, -0.05) is 6.07 Å². The molecule has 0 aliphatic heterocycles. The number of halogens is 3. The smallest absolute Gasteiger partial charge is 0.259 e. The van der Waals surface area contributed by atoms with Crippen molar-refractivity contribution in [3.63, 3.8) is 0 Å². The van der Waals surface area contributed by atoms with E-state index in [1.165, 1.54) is 29.8 Å². The molecule has 3 aromatic rings. The van der Waals surface area contributed by atoms with Crippen LogP contribution in [-0.4, -0.2) is 16.4 Å². The van der Waals surface area contributed by atoms with E-state index in [0.717, 1.165) is 12.1 Å². The van der Waals surface area contributed by atoms with Gasteiger partial charge in [-0.2, -0.15) is 0 Å². The maximum Gasteiger partial charge on any atom is 0.259 e. The van der Waals surface area contributed by atoms with Crippen molar-refractivity contribution in [1.29, 1.82) is 0 Å². The molecule has 0 radical (unpaired) electrons. The standard InChI is InChI=1S/C20H16F3N3O3/c1-10(19(24)28)26-6-5-12-13(20(26)29)3-2-4-16(12)25-17(27)9-11-7-14(21)18(23)15(22)8-11/h2-8,10H,9H2,1H3,(H2,24,28)(H,25,27)/t10-/m1/s1. The third kappa shape index (κ3) is 3.98. The van der Waals surface area contributed by atoms with Crippen LogP contribution in [0.5, 0.6) is 0 Å². The lowest BCUT2D eigenvalue weighted by atomic mass is 10.1. The Labute approximate surface area is 162 Å². The second-order valence-electron chi connectivity index (χ2n) is 6.47. The van der Waals surface area contributed by atoms with Gasteiger partial charge in [0.25, 0.3) is 5.56 Å². The van der Waals surface area contributed by atoms with Crippen molar-refractivity contribution in [1.82, 2.24) is 4.57 Å². The van der Waals surface area contributed by atoms with Crippen molar-refractivity contribution < 1.29 is 22.8 Å². The first-order chi connectivity index (χ1) is 13.7. The van der Waals surface area contributed by atoms with Crippen LogP contribution >= 0.6 is 0 Å². The van der Waals surface area contributed by atoms with E-state index in [1.807, 2.05) is 0 Å². The van der Waals surface area contributed by atoms with Gasteiger partial charge < -0.3 is 15.6 Å². The van der Waals surface area contributed by atoms with E-state index in [4.69, 9.17) is 5.73 Å². The first-order valence-corrected chi connectivity index (χ1v) is 8.55. The second-order valence-corrected chi connectivity index (χ2v) is 6.47. The number of carbonyl (C=O) groups excluding carboxylic acids is 2. The summed E-state index contributed by atoms with van der Waals surface area (Å²) in [6.07, 6.45) is 0.987. The van der Waals surface area contributed by atoms with E-state index < -0.39 is 47.3 Å². The van der Waals surface area contributed by atoms with Crippen molar-refractivity contribution in [3.05, 3.63) is 76.0 Å². The average molecular weight is 403 g/mol. The Morgan fingerprint density at radius 3 is 2.38 bits per heavy atom. The van der Waals surface area contributed by atoms with Gasteiger partial charge in [0.1, 0.15) is 6.04 Å². The van der Waals surface area contributed by atoms with Gasteiger partial charge in [0, 0.05) is 22.7 Å². The predicted molar refractivity (Wildman–Crippen MR) is 101 cm³/mol. The van der Waals surface area contributed by atoms with E-state index in [9.17, 15) is 27.6 Å². The molecule has 0 fully saturated rings. The van der Waals surface area contributed by atoms with Gasteiger partial charge in [0.2, 0.25) is 11.8 Å². The number of primary amides is 1. The highest BCUT2D eigenvalue weighted by atomic mass is 19.2. The lowest BCUT2D eigenvalue weighted by molar-refractivity contribution is -0.120. The molecule has 9 heteroatoms. The van der Waals surface area contributed by atoms with E-state index in [2.05, 4.69) is 5.32 Å². The zero-order valence-corrected chi connectivity index (χ0v) is 15.2. The molecular weight excluding hydrogens is 387 g/mol. The summed E-state index contributed by atoms with van der Waals surface area (Å²) in [6.45, 7) is 1.49. The first kappa shape index (κ1) is 20.1. The highest BCUT2D eigenvalue weighted by molar-refractivity contribution is 6.02. The van der Waals surface area contributed by atoms with Crippen LogP contribution in [-0.2, 0) is 16.0 Å². The minimum atomic E-state index is -1.61. The molecule has 0 bridgehead atoms. The molecule has 0 unspecified atom stereocenters. The first-order valence-electron chi connectivity index (χ1n) is 8.55. The average Bonchev–Trinajstić information content (AvgIpc) is 2.66. The van der Waals surface area contributed by atoms with Crippen molar-refractivity contribution in [2.24, 2.45) is 5.73 Å². The van der Waals surface area contributed by atoms with Crippen molar-refractivity contribution in [3.8, 4) is 0 Å². The molecule has 1 heterocycles. The summed E-state index contributed by atoms with van der Waals surface area (Å²) >= 11 is 0. The third-order valence-electron chi connectivity index (χ3n) is 4.48. The van der Waals surface area contributed by atoms with Gasteiger partial charge in [-0.15, -0.1) is 0 Å². The molecule has 0 saturated heterocycles. The van der Waals surface area contributed by atoms with Crippen LogP contribution in [0.2, 0.25) is 0 Å². The minimum Gasteiger partial charge on any atom is -0.368 e. The number of pyridine rings is 1. The molecule has 3 rings (SSSR count). The largest absolute Gasteiger partial charge is 0.368 e. The fourth-order valence-electron chi connectivity index (χ4n) is 2.93. The number of benzene rings is 2.